The quantitative estimate of drug-likeness (QED) is 0.926. The highest BCUT2D eigenvalue weighted by Crippen LogP contribution is 2.25. The minimum absolute atomic E-state index is 0.0190. The molecule has 1 aromatic rings. The van der Waals surface area contributed by atoms with Crippen LogP contribution in [0.2, 0.25) is 0 Å². The van der Waals surface area contributed by atoms with Crippen molar-refractivity contribution in [2.24, 2.45) is 5.92 Å². The number of rotatable bonds is 3. The molecule has 2 amide bonds. The third-order valence-electron chi connectivity index (χ3n) is 4.15. The zero-order valence-corrected chi connectivity index (χ0v) is 12.2. The normalized spacial score (nSPS) is 20.7. The molecule has 1 aromatic carbocycles. The number of carbonyl (C=O) groups excluding carboxylic acids is 1. The van der Waals surface area contributed by atoms with Crippen molar-refractivity contribution in [3.05, 3.63) is 35.9 Å². The molecule has 0 bridgehead atoms. The molecule has 0 atom stereocenters. The third kappa shape index (κ3) is 3.74. The molecule has 2 aliphatic heterocycles. The number of carbonyl (C=O) groups is 1. The number of nitrogens with one attached hydrogen (secondary N) is 1. The highest BCUT2D eigenvalue weighted by molar-refractivity contribution is 5.74. The van der Waals surface area contributed by atoms with E-state index >= 15 is 0 Å². The van der Waals surface area contributed by atoms with Gasteiger partial charge in [-0.2, -0.15) is 0 Å². The lowest BCUT2D eigenvalue weighted by Crippen LogP contribution is -2.45. The lowest BCUT2D eigenvalue weighted by Gasteiger charge is -2.33. The summed E-state index contributed by atoms with van der Waals surface area (Å²) in [6.07, 6.45) is 1.84. The number of urea groups is 1. The topological polar surface area (TPSA) is 50.8 Å². The molecule has 5 heteroatoms. The van der Waals surface area contributed by atoms with Crippen LogP contribution in [0.4, 0.5) is 4.79 Å². The Bertz CT molecular complexity index is 452. The molecular weight excluding hydrogens is 268 g/mol. The van der Waals surface area contributed by atoms with Crippen LogP contribution >= 0.6 is 0 Å². The highest BCUT2D eigenvalue weighted by atomic mass is 16.7. The molecule has 0 aliphatic carbocycles. The number of likely N-dealkylation sites (tertiary alicyclic amines) is 1. The Morgan fingerprint density at radius 1 is 1.14 bits per heavy atom. The Morgan fingerprint density at radius 2 is 1.81 bits per heavy atom. The summed E-state index contributed by atoms with van der Waals surface area (Å²) in [6.45, 7) is 3.52. The fourth-order valence-electron chi connectivity index (χ4n) is 2.91. The second kappa shape index (κ2) is 6.91. The Hall–Kier alpha value is -1.59. The number of ether oxygens (including phenoxy) is 2. The summed E-state index contributed by atoms with van der Waals surface area (Å²) in [4.78, 5) is 14.0. The maximum atomic E-state index is 12.2. The Labute approximate surface area is 125 Å². The van der Waals surface area contributed by atoms with Crippen LogP contribution in [0.15, 0.2) is 30.3 Å². The van der Waals surface area contributed by atoms with Crippen molar-refractivity contribution in [2.45, 2.75) is 25.7 Å². The van der Waals surface area contributed by atoms with Gasteiger partial charge in [-0.3, -0.25) is 0 Å². The molecule has 2 heterocycles. The van der Waals surface area contributed by atoms with Gasteiger partial charge in [-0.05, 0) is 18.4 Å². The molecule has 2 saturated heterocycles. The lowest BCUT2D eigenvalue weighted by molar-refractivity contribution is -0.0952. The molecule has 21 heavy (non-hydrogen) atoms. The second-order valence-electron chi connectivity index (χ2n) is 5.58. The first-order valence-electron chi connectivity index (χ1n) is 7.63. The zero-order chi connectivity index (χ0) is 14.5. The highest BCUT2D eigenvalue weighted by Gasteiger charge is 2.31. The molecule has 0 saturated carbocycles. The smallest absolute Gasteiger partial charge is 0.317 e. The van der Waals surface area contributed by atoms with Crippen LogP contribution in [-0.2, 0) is 16.0 Å². The molecule has 5 nitrogen and oxygen atoms in total. The van der Waals surface area contributed by atoms with Gasteiger partial charge in [0.15, 0.2) is 6.29 Å². The molecular formula is C16H22N2O3. The van der Waals surface area contributed by atoms with E-state index in [1.165, 1.54) is 0 Å². The van der Waals surface area contributed by atoms with Gasteiger partial charge in [0.2, 0.25) is 0 Å². The van der Waals surface area contributed by atoms with Crippen LogP contribution in [0.5, 0.6) is 0 Å². The number of hydrogen-bond donors (Lipinski definition) is 1. The summed E-state index contributed by atoms with van der Waals surface area (Å²) in [7, 11) is 0. The van der Waals surface area contributed by atoms with E-state index in [1.807, 2.05) is 35.2 Å². The number of nitrogens with zero attached hydrogens (tertiary/aromatic N) is 1. The van der Waals surface area contributed by atoms with E-state index in [1.54, 1.807) is 0 Å². The van der Waals surface area contributed by atoms with Crippen molar-refractivity contribution in [1.29, 1.82) is 0 Å². The largest absolute Gasteiger partial charge is 0.350 e. The molecule has 0 spiro atoms. The zero-order valence-electron chi connectivity index (χ0n) is 12.2. The fraction of sp³-hybridized carbons (Fsp3) is 0.562. The van der Waals surface area contributed by atoms with E-state index in [9.17, 15) is 4.79 Å². The van der Waals surface area contributed by atoms with Gasteiger partial charge in [-0.1, -0.05) is 30.3 Å². The average molecular weight is 290 g/mol. The predicted molar refractivity (Wildman–Crippen MR) is 78.7 cm³/mol. The van der Waals surface area contributed by atoms with Crippen molar-refractivity contribution in [3.63, 3.8) is 0 Å². The van der Waals surface area contributed by atoms with Crippen LogP contribution in [0, 0.1) is 5.92 Å². The number of amides is 2. The van der Waals surface area contributed by atoms with E-state index in [4.69, 9.17) is 9.47 Å². The Morgan fingerprint density at radius 3 is 2.48 bits per heavy atom. The number of hydrogen-bond acceptors (Lipinski definition) is 3. The fourth-order valence-corrected chi connectivity index (χ4v) is 2.91. The van der Waals surface area contributed by atoms with Crippen molar-refractivity contribution < 1.29 is 14.3 Å². The summed E-state index contributed by atoms with van der Waals surface area (Å²) in [6, 6.07) is 9.99. The van der Waals surface area contributed by atoms with Crippen LogP contribution < -0.4 is 5.32 Å². The number of benzene rings is 1. The third-order valence-corrected chi connectivity index (χ3v) is 4.15. The van der Waals surface area contributed by atoms with Crippen LogP contribution in [-0.4, -0.2) is 43.5 Å². The van der Waals surface area contributed by atoms with Gasteiger partial charge in [-0.15, -0.1) is 0 Å². The van der Waals surface area contributed by atoms with E-state index in [0.29, 0.717) is 25.7 Å². The van der Waals surface area contributed by atoms with Crippen molar-refractivity contribution in [3.8, 4) is 0 Å². The minimum atomic E-state index is -0.0560. The van der Waals surface area contributed by atoms with Gasteiger partial charge < -0.3 is 19.7 Å². The van der Waals surface area contributed by atoms with Gasteiger partial charge in [-0.25, -0.2) is 4.79 Å². The summed E-state index contributed by atoms with van der Waals surface area (Å²) >= 11 is 0. The van der Waals surface area contributed by atoms with Gasteiger partial charge in [0.25, 0.3) is 0 Å². The second-order valence-corrected chi connectivity index (χ2v) is 5.58. The molecule has 0 radical (unpaired) electrons. The van der Waals surface area contributed by atoms with Crippen molar-refractivity contribution in [2.75, 3.05) is 26.3 Å². The predicted octanol–water partition coefficient (Wildman–Crippen LogP) is 1.98. The van der Waals surface area contributed by atoms with Crippen LogP contribution in [0.25, 0.3) is 0 Å². The molecule has 2 aliphatic rings. The maximum Gasteiger partial charge on any atom is 0.317 e. The maximum absolute atomic E-state index is 12.2. The summed E-state index contributed by atoms with van der Waals surface area (Å²) in [5, 5.41) is 2.98. The SMILES string of the molecule is O=C(NCc1ccccc1)N1CCC(C2OCCO2)CC1. The summed E-state index contributed by atoms with van der Waals surface area (Å²) < 4.78 is 11.1. The first kappa shape index (κ1) is 14.4. The standard InChI is InChI=1S/C16H22N2O3/c19-16(17-12-13-4-2-1-3-5-13)18-8-6-14(7-9-18)15-20-10-11-21-15/h1-5,14-15H,6-12H2,(H,17,19). The number of piperidine rings is 1. The van der Waals surface area contributed by atoms with Crippen molar-refractivity contribution >= 4 is 6.03 Å². The first-order valence-corrected chi connectivity index (χ1v) is 7.63. The van der Waals surface area contributed by atoms with Gasteiger partial charge in [0.1, 0.15) is 0 Å². The van der Waals surface area contributed by atoms with Crippen LogP contribution in [0.3, 0.4) is 0 Å². The monoisotopic (exact) mass is 290 g/mol. The molecule has 2 fully saturated rings. The van der Waals surface area contributed by atoms with E-state index in [2.05, 4.69) is 5.32 Å². The van der Waals surface area contributed by atoms with Gasteiger partial charge in [0.05, 0.1) is 13.2 Å². The minimum Gasteiger partial charge on any atom is -0.350 e. The molecule has 1 N–H and O–H groups in total. The van der Waals surface area contributed by atoms with Crippen molar-refractivity contribution in [1.82, 2.24) is 10.2 Å². The Balaban J connectivity index is 1.42. The van der Waals surface area contributed by atoms with E-state index < -0.39 is 0 Å². The summed E-state index contributed by atoms with van der Waals surface area (Å²) in [5.74, 6) is 0.422. The average Bonchev–Trinajstić information content (AvgIpc) is 3.08. The van der Waals surface area contributed by atoms with Gasteiger partial charge in [0, 0.05) is 25.6 Å². The lowest BCUT2D eigenvalue weighted by atomic mass is 9.96. The first-order chi connectivity index (χ1) is 10.3. The van der Waals surface area contributed by atoms with Gasteiger partial charge >= 0.3 is 6.03 Å². The molecule has 114 valence electrons. The summed E-state index contributed by atoms with van der Waals surface area (Å²) in [5.41, 5.74) is 1.12. The van der Waals surface area contributed by atoms with E-state index in [0.717, 1.165) is 31.5 Å². The molecule has 0 unspecified atom stereocenters. The molecule has 0 aromatic heterocycles. The molecule has 3 rings (SSSR count). The van der Waals surface area contributed by atoms with E-state index in [-0.39, 0.29) is 12.3 Å². The van der Waals surface area contributed by atoms with Crippen LogP contribution in [0.1, 0.15) is 18.4 Å². The Kier molecular flexibility index (Phi) is 4.72.